The van der Waals surface area contributed by atoms with E-state index in [1.807, 2.05) is 6.08 Å². The fraction of sp³-hybridized carbons (Fsp3) is 0.600. The predicted octanol–water partition coefficient (Wildman–Crippen LogP) is 2.52. The van der Waals surface area contributed by atoms with Crippen molar-refractivity contribution in [2.75, 3.05) is 0 Å². The highest BCUT2D eigenvalue weighted by molar-refractivity contribution is 7.83. The van der Waals surface area contributed by atoms with Crippen molar-refractivity contribution < 1.29 is 8.76 Å². The van der Waals surface area contributed by atoms with Gasteiger partial charge in [0.15, 0.2) is 0 Å². The second-order valence-corrected chi connectivity index (χ2v) is 5.30. The minimum absolute atomic E-state index is 0.159. The van der Waals surface area contributed by atoms with Crippen molar-refractivity contribution in [3.63, 3.8) is 0 Å². The summed E-state index contributed by atoms with van der Waals surface area (Å²) in [7, 11) is 0. The number of allylic oxidation sites excluding steroid dienone is 4. The molecule has 1 aliphatic rings. The third-order valence-corrected chi connectivity index (χ3v) is 3.06. The first-order chi connectivity index (χ1) is 5.91. The van der Waals surface area contributed by atoms with Crippen LogP contribution in [0, 0.1) is 5.41 Å². The van der Waals surface area contributed by atoms with E-state index in [1.54, 1.807) is 6.08 Å². The summed E-state index contributed by atoms with van der Waals surface area (Å²) in [6.07, 6.45) is 5.17. The van der Waals surface area contributed by atoms with E-state index >= 15 is 0 Å². The smallest absolute Gasteiger partial charge is 0.00271 e. The van der Waals surface area contributed by atoms with E-state index in [0.29, 0.717) is 11.3 Å². The number of rotatable bonds is 1. The van der Waals surface area contributed by atoms with Gasteiger partial charge >= 0.3 is 0 Å². The molecule has 0 N–H and O–H groups in total. The van der Waals surface area contributed by atoms with Crippen molar-refractivity contribution in [2.24, 2.45) is 5.41 Å². The van der Waals surface area contributed by atoms with Crippen LogP contribution in [0.25, 0.3) is 0 Å². The molecule has 3 heteroatoms. The van der Waals surface area contributed by atoms with Crippen LogP contribution in [0.15, 0.2) is 22.6 Å². The van der Waals surface area contributed by atoms with E-state index in [0.717, 1.165) is 6.42 Å². The second kappa shape index (κ2) is 3.76. The minimum Gasteiger partial charge on any atom is -0.769 e. The molecule has 0 bridgehead atoms. The molecule has 0 aromatic rings. The summed E-state index contributed by atoms with van der Waals surface area (Å²) in [5.41, 5.74) is 1.48. The minimum atomic E-state index is -2.03. The van der Waals surface area contributed by atoms with Crippen molar-refractivity contribution in [2.45, 2.75) is 33.6 Å². The van der Waals surface area contributed by atoms with Gasteiger partial charge in [0.05, 0.1) is 0 Å². The maximum atomic E-state index is 10.6. The SMILES string of the molecule is CC(C)(C)C1=CC=C(S(=O)[O-])CC1. The monoisotopic (exact) mass is 199 g/mol. The van der Waals surface area contributed by atoms with Crippen molar-refractivity contribution in [1.29, 1.82) is 0 Å². The lowest BCUT2D eigenvalue weighted by atomic mass is 9.82. The zero-order valence-electron chi connectivity index (χ0n) is 8.29. The van der Waals surface area contributed by atoms with Gasteiger partial charge in [-0.2, -0.15) is 0 Å². The first-order valence-corrected chi connectivity index (χ1v) is 5.48. The Morgan fingerprint density at radius 1 is 1.31 bits per heavy atom. The zero-order chi connectivity index (χ0) is 10.1. The van der Waals surface area contributed by atoms with Crippen LogP contribution in [0.2, 0.25) is 0 Å². The molecule has 1 aliphatic carbocycles. The summed E-state index contributed by atoms with van der Waals surface area (Å²) in [5.74, 6) is 0. The van der Waals surface area contributed by atoms with Gasteiger partial charge in [0.25, 0.3) is 0 Å². The lowest BCUT2D eigenvalue weighted by molar-refractivity contribution is 0.479. The standard InChI is InChI=1S/C10H16O2S/c1-10(2,3)8-4-6-9(7-5-8)13(11)12/h4,6H,5,7H2,1-3H3,(H,11,12)/p-1. The first kappa shape index (κ1) is 10.7. The highest BCUT2D eigenvalue weighted by Gasteiger charge is 2.18. The van der Waals surface area contributed by atoms with Gasteiger partial charge < -0.3 is 4.55 Å². The van der Waals surface area contributed by atoms with Crippen LogP contribution in [-0.2, 0) is 11.1 Å². The Labute approximate surface area is 82.0 Å². The van der Waals surface area contributed by atoms with Gasteiger partial charge in [-0.3, -0.25) is 4.21 Å². The van der Waals surface area contributed by atoms with Gasteiger partial charge in [-0.25, -0.2) is 0 Å². The average Bonchev–Trinajstić information content (AvgIpc) is 2.03. The molecular formula is C10H15O2S-. The van der Waals surface area contributed by atoms with Gasteiger partial charge in [0, 0.05) is 4.91 Å². The Bertz CT molecular complexity index is 282. The predicted molar refractivity (Wildman–Crippen MR) is 53.8 cm³/mol. The van der Waals surface area contributed by atoms with E-state index in [1.165, 1.54) is 5.57 Å². The highest BCUT2D eigenvalue weighted by Crippen LogP contribution is 2.33. The summed E-state index contributed by atoms with van der Waals surface area (Å²) >= 11 is -2.03. The van der Waals surface area contributed by atoms with Crippen molar-refractivity contribution in [3.8, 4) is 0 Å². The maximum absolute atomic E-state index is 10.6. The molecule has 1 atom stereocenters. The Balaban J connectivity index is 2.82. The van der Waals surface area contributed by atoms with Crippen LogP contribution in [0.1, 0.15) is 33.6 Å². The lowest BCUT2D eigenvalue weighted by Gasteiger charge is -2.26. The molecular weight excluding hydrogens is 184 g/mol. The van der Waals surface area contributed by atoms with Crippen LogP contribution in [0.3, 0.4) is 0 Å². The molecule has 0 spiro atoms. The molecule has 0 saturated heterocycles. The summed E-state index contributed by atoms with van der Waals surface area (Å²) in [4.78, 5) is 0.521. The van der Waals surface area contributed by atoms with E-state index in [9.17, 15) is 8.76 Å². The van der Waals surface area contributed by atoms with Gasteiger partial charge in [0.1, 0.15) is 0 Å². The molecule has 0 radical (unpaired) electrons. The Kier molecular flexibility index (Phi) is 3.09. The quantitative estimate of drug-likeness (QED) is 0.609. The van der Waals surface area contributed by atoms with Gasteiger partial charge in [0.2, 0.25) is 0 Å². The normalized spacial score (nSPS) is 20.6. The molecule has 0 aromatic carbocycles. The molecule has 0 saturated carbocycles. The van der Waals surface area contributed by atoms with Crippen molar-refractivity contribution in [1.82, 2.24) is 0 Å². The van der Waals surface area contributed by atoms with Crippen LogP contribution in [-0.4, -0.2) is 8.76 Å². The van der Waals surface area contributed by atoms with Crippen LogP contribution in [0.5, 0.6) is 0 Å². The highest BCUT2D eigenvalue weighted by atomic mass is 32.2. The second-order valence-electron chi connectivity index (χ2n) is 4.31. The molecule has 1 rings (SSSR count). The fourth-order valence-electron chi connectivity index (χ4n) is 1.38. The topological polar surface area (TPSA) is 40.1 Å². The summed E-state index contributed by atoms with van der Waals surface area (Å²) in [6.45, 7) is 6.43. The molecule has 2 nitrogen and oxygen atoms in total. The number of hydrogen-bond donors (Lipinski definition) is 0. The molecule has 0 aliphatic heterocycles. The van der Waals surface area contributed by atoms with Gasteiger partial charge in [-0.1, -0.05) is 38.5 Å². The van der Waals surface area contributed by atoms with E-state index < -0.39 is 11.1 Å². The molecule has 0 heterocycles. The maximum Gasteiger partial charge on any atom is 0.00271 e. The average molecular weight is 199 g/mol. The fourth-order valence-corrected chi connectivity index (χ4v) is 1.83. The van der Waals surface area contributed by atoms with Gasteiger partial charge in [-0.15, -0.1) is 0 Å². The summed E-state index contributed by atoms with van der Waals surface area (Å²) in [5, 5.41) is 0. The van der Waals surface area contributed by atoms with Crippen LogP contribution in [0.4, 0.5) is 0 Å². The van der Waals surface area contributed by atoms with Crippen molar-refractivity contribution in [3.05, 3.63) is 22.6 Å². The largest absolute Gasteiger partial charge is 0.769 e. The van der Waals surface area contributed by atoms with Crippen LogP contribution < -0.4 is 0 Å². The third-order valence-electron chi connectivity index (χ3n) is 2.29. The van der Waals surface area contributed by atoms with Crippen LogP contribution >= 0.6 is 0 Å². The Morgan fingerprint density at radius 2 is 1.92 bits per heavy atom. The molecule has 13 heavy (non-hydrogen) atoms. The van der Waals surface area contributed by atoms with E-state index in [-0.39, 0.29) is 5.41 Å². The van der Waals surface area contributed by atoms with E-state index in [4.69, 9.17) is 0 Å². The van der Waals surface area contributed by atoms with E-state index in [2.05, 4.69) is 20.8 Å². The zero-order valence-corrected chi connectivity index (χ0v) is 9.11. The molecule has 0 aromatic heterocycles. The molecule has 74 valence electrons. The Morgan fingerprint density at radius 3 is 2.23 bits per heavy atom. The third kappa shape index (κ3) is 2.78. The van der Waals surface area contributed by atoms with Gasteiger partial charge in [-0.05, 0) is 29.3 Å². The summed E-state index contributed by atoms with van der Waals surface area (Å²) < 4.78 is 21.2. The Hall–Kier alpha value is -0.410. The molecule has 0 amide bonds. The molecule has 0 fully saturated rings. The summed E-state index contributed by atoms with van der Waals surface area (Å²) in [6, 6.07) is 0. The molecule has 1 unspecified atom stereocenters. The first-order valence-electron chi connectivity index (χ1n) is 4.41. The van der Waals surface area contributed by atoms with Crippen molar-refractivity contribution >= 4 is 11.1 Å². The lowest BCUT2D eigenvalue weighted by Crippen LogP contribution is -2.12. The number of hydrogen-bond acceptors (Lipinski definition) is 2.